The molecule has 4 bridgehead atoms. The number of unbranched alkanes of at least 4 members (excludes halogenated alkanes) is 6. The Morgan fingerprint density at radius 1 is 0.800 bits per heavy atom. The van der Waals surface area contributed by atoms with Crippen LogP contribution in [0.3, 0.4) is 0 Å². The van der Waals surface area contributed by atoms with Gasteiger partial charge in [-0.05, 0) is 79.4 Å². The van der Waals surface area contributed by atoms with E-state index in [0.717, 1.165) is 44.9 Å². The molecule has 204 valence electrons. The van der Waals surface area contributed by atoms with Crippen molar-refractivity contribution in [1.29, 1.82) is 0 Å². The Bertz CT molecular complexity index is 625. The zero-order valence-electron chi connectivity index (χ0n) is 24.1. The van der Waals surface area contributed by atoms with E-state index in [1.165, 1.54) is 57.8 Å². The number of esters is 1. The summed E-state index contributed by atoms with van der Waals surface area (Å²) in [6.45, 7) is 14.0. The Morgan fingerprint density at radius 3 is 1.80 bits per heavy atom. The molecule has 0 aromatic heterocycles. The highest BCUT2D eigenvalue weighted by Crippen LogP contribution is 2.55. The van der Waals surface area contributed by atoms with Gasteiger partial charge in [-0.1, -0.05) is 99.3 Å². The summed E-state index contributed by atoms with van der Waals surface area (Å²) in [6, 6.07) is 0. The maximum atomic E-state index is 14.0. The number of aliphatic hydroxyl groups is 1. The zero-order valence-corrected chi connectivity index (χ0v) is 24.1. The summed E-state index contributed by atoms with van der Waals surface area (Å²) >= 11 is 0. The molecule has 3 heteroatoms. The smallest absolute Gasteiger partial charge is 0.309 e. The summed E-state index contributed by atoms with van der Waals surface area (Å²) in [5.41, 5.74) is 0.166. The standard InChI is InChI=1S/C32H58O3/c1-7-10-12-14-16-31(4,5)27(22-32(6,9-3)17-15-13-11-8-2)30(34)35-29-25-18-23-19-26(29)21-24(20-25)28(23)33/h23-29,33H,7-22H2,1-6H3. The lowest BCUT2D eigenvalue weighted by atomic mass is 9.53. The van der Waals surface area contributed by atoms with Crippen molar-refractivity contribution in [2.45, 2.75) is 156 Å². The lowest BCUT2D eigenvalue weighted by molar-refractivity contribution is -0.193. The number of carbonyl (C=O) groups excluding carboxylic acids is 1. The van der Waals surface area contributed by atoms with Crippen LogP contribution in [0.15, 0.2) is 0 Å². The molecule has 1 N–H and O–H groups in total. The monoisotopic (exact) mass is 490 g/mol. The van der Waals surface area contributed by atoms with Crippen molar-refractivity contribution in [3.63, 3.8) is 0 Å². The molecule has 0 amide bonds. The van der Waals surface area contributed by atoms with E-state index in [1.807, 2.05) is 0 Å². The number of aliphatic hydroxyl groups excluding tert-OH is 1. The zero-order chi connectivity index (χ0) is 25.6. The van der Waals surface area contributed by atoms with Gasteiger partial charge >= 0.3 is 5.97 Å². The third kappa shape index (κ3) is 7.26. The highest BCUT2D eigenvalue weighted by molar-refractivity contribution is 5.73. The fourth-order valence-corrected chi connectivity index (χ4v) is 7.97. The molecule has 4 aliphatic carbocycles. The first kappa shape index (κ1) is 29.0. The minimum absolute atomic E-state index is 0.0250. The molecule has 4 aliphatic rings. The molecule has 2 atom stereocenters. The molecule has 0 aliphatic heterocycles. The van der Waals surface area contributed by atoms with E-state index in [0.29, 0.717) is 23.7 Å². The van der Waals surface area contributed by atoms with Crippen LogP contribution in [0.4, 0.5) is 0 Å². The largest absolute Gasteiger partial charge is 0.462 e. The minimum atomic E-state index is -0.105. The Hall–Kier alpha value is -0.570. The molecule has 4 rings (SSSR count). The van der Waals surface area contributed by atoms with Crippen molar-refractivity contribution in [2.24, 2.45) is 40.4 Å². The van der Waals surface area contributed by atoms with E-state index < -0.39 is 0 Å². The normalized spacial score (nSPS) is 32.4. The minimum Gasteiger partial charge on any atom is -0.462 e. The van der Waals surface area contributed by atoms with Crippen molar-refractivity contribution in [3.05, 3.63) is 0 Å². The molecule has 0 aromatic carbocycles. The molecule has 0 saturated heterocycles. The van der Waals surface area contributed by atoms with Crippen LogP contribution in [0.2, 0.25) is 0 Å². The van der Waals surface area contributed by atoms with Crippen LogP contribution in [0.5, 0.6) is 0 Å². The second-order valence-corrected chi connectivity index (χ2v) is 13.9. The number of rotatable bonds is 16. The third-order valence-electron chi connectivity index (χ3n) is 10.7. The SMILES string of the molecule is CCCCCCC(C)(CC)CC(C(=O)OC1C2CC3CC1CC(C2)C3O)C(C)(C)CCCCCC. The summed E-state index contributed by atoms with van der Waals surface area (Å²) in [5, 5.41) is 10.6. The molecule has 4 saturated carbocycles. The van der Waals surface area contributed by atoms with Gasteiger partial charge in [0.1, 0.15) is 6.10 Å². The average molecular weight is 491 g/mol. The summed E-state index contributed by atoms with van der Waals surface area (Å²) in [7, 11) is 0. The molecule has 35 heavy (non-hydrogen) atoms. The van der Waals surface area contributed by atoms with Gasteiger partial charge in [0.25, 0.3) is 0 Å². The maximum Gasteiger partial charge on any atom is 0.309 e. The number of hydrogen-bond acceptors (Lipinski definition) is 3. The van der Waals surface area contributed by atoms with Crippen LogP contribution in [-0.4, -0.2) is 23.3 Å². The highest BCUT2D eigenvalue weighted by Gasteiger charge is 2.54. The second kappa shape index (κ2) is 12.8. The predicted molar refractivity (Wildman–Crippen MR) is 146 cm³/mol. The first-order valence-electron chi connectivity index (χ1n) is 15.5. The second-order valence-electron chi connectivity index (χ2n) is 13.9. The van der Waals surface area contributed by atoms with Crippen LogP contribution in [-0.2, 0) is 9.53 Å². The van der Waals surface area contributed by atoms with E-state index in [9.17, 15) is 9.90 Å². The van der Waals surface area contributed by atoms with Crippen LogP contribution < -0.4 is 0 Å². The fourth-order valence-electron chi connectivity index (χ4n) is 7.97. The molecule has 0 radical (unpaired) electrons. The van der Waals surface area contributed by atoms with Gasteiger partial charge in [-0.25, -0.2) is 0 Å². The molecule has 0 heterocycles. The molecule has 0 spiro atoms. The van der Waals surface area contributed by atoms with Gasteiger partial charge in [-0.15, -0.1) is 0 Å². The Morgan fingerprint density at radius 2 is 1.31 bits per heavy atom. The Balaban J connectivity index is 1.71. The van der Waals surface area contributed by atoms with Gasteiger partial charge in [0.15, 0.2) is 0 Å². The van der Waals surface area contributed by atoms with Gasteiger partial charge in [0, 0.05) is 0 Å². The summed E-state index contributed by atoms with van der Waals surface area (Å²) in [5.74, 6) is 1.92. The van der Waals surface area contributed by atoms with Gasteiger partial charge in [0.2, 0.25) is 0 Å². The summed E-state index contributed by atoms with van der Waals surface area (Å²) < 4.78 is 6.55. The van der Waals surface area contributed by atoms with E-state index >= 15 is 0 Å². The van der Waals surface area contributed by atoms with E-state index in [2.05, 4.69) is 41.5 Å². The maximum absolute atomic E-state index is 14.0. The van der Waals surface area contributed by atoms with Gasteiger partial charge in [-0.3, -0.25) is 4.79 Å². The van der Waals surface area contributed by atoms with Gasteiger partial charge < -0.3 is 9.84 Å². The van der Waals surface area contributed by atoms with Crippen molar-refractivity contribution in [1.82, 2.24) is 0 Å². The Labute approximate surface area is 217 Å². The van der Waals surface area contributed by atoms with Gasteiger partial charge in [0.05, 0.1) is 12.0 Å². The van der Waals surface area contributed by atoms with Crippen LogP contribution in [0, 0.1) is 40.4 Å². The van der Waals surface area contributed by atoms with Crippen molar-refractivity contribution in [3.8, 4) is 0 Å². The van der Waals surface area contributed by atoms with Crippen LogP contribution >= 0.6 is 0 Å². The highest BCUT2D eigenvalue weighted by atomic mass is 16.5. The van der Waals surface area contributed by atoms with E-state index in [4.69, 9.17) is 4.74 Å². The molecule has 3 nitrogen and oxygen atoms in total. The quantitative estimate of drug-likeness (QED) is 0.174. The molecular formula is C32H58O3. The first-order chi connectivity index (χ1) is 16.6. The predicted octanol–water partition coefficient (Wildman–Crippen LogP) is 8.71. The average Bonchev–Trinajstić information content (AvgIpc) is 2.82. The van der Waals surface area contributed by atoms with Crippen molar-refractivity contribution < 1.29 is 14.6 Å². The summed E-state index contributed by atoms with van der Waals surface area (Å²) in [6.07, 6.45) is 18.8. The topological polar surface area (TPSA) is 46.5 Å². The first-order valence-corrected chi connectivity index (χ1v) is 15.5. The third-order valence-corrected chi connectivity index (χ3v) is 10.7. The number of ether oxygens (including phenoxy) is 1. The molecule has 2 unspecified atom stereocenters. The van der Waals surface area contributed by atoms with Gasteiger partial charge in [-0.2, -0.15) is 0 Å². The number of carbonyl (C=O) groups is 1. The van der Waals surface area contributed by atoms with Crippen LogP contribution in [0.25, 0.3) is 0 Å². The van der Waals surface area contributed by atoms with Crippen molar-refractivity contribution >= 4 is 5.97 Å². The summed E-state index contributed by atoms with van der Waals surface area (Å²) in [4.78, 5) is 14.0. The van der Waals surface area contributed by atoms with Crippen molar-refractivity contribution in [2.75, 3.05) is 0 Å². The molecular weight excluding hydrogens is 432 g/mol. The lowest BCUT2D eigenvalue weighted by Gasteiger charge is -2.56. The van der Waals surface area contributed by atoms with Crippen LogP contribution in [0.1, 0.15) is 144 Å². The van der Waals surface area contributed by atoms with E-state index in [-0.39, 0.29) is 34.9 Å². The number of hydrogen-bond donors (Lipinski definition) is 1. The lowest BCUT2D eigenvalue weighted by Crippen LogP contribution is -2.56. The Kier molecular flexibility index (Phi) is 10.6. The fraction of sp³-hybridized carbons (Fsp3) is 0.969. The molecule has 0 aromatic rings. The molecule has 4 fully saturated rings. The van der Waals surface area contributed by atoms with E-state index in [1.54, 1.807) is 0 Å².